The van der Waals surface area contributed by atoms with E-state index in [1.165, 1.54) is 6.07 Å². The van der Waals surface area contributed by atoms with Crippen molar-refractivity contribution in [2.75, 3.05) is 0 Å². The fraction of sp³-hybridized carbons (Fsp3) is 0.158. The Morgan fingerprint density at radius 3 is 2.38 bits per heavy atom. The Morgan fingerprint density at radius 2 is 1.67 bits per heavy atom. The minimum atomic E-state index is -0.941. The molecule has 0 aliphatic carbocycles. The maximum atomic E-state index is 13.7. The van der Waals surface area contributed by atoms with Crippen molar-refractivity contribution in [1.82, 2.24) is 4.57 Å². The van der Waals surface area contributed by atoms with Gasteiger partial charge in [-0.2, -0.15) is 0 Å². The number of aliphatic hydroxyl groups excluding tert-OH is 2. The number of hydrogen-bond acceptors (Lipinski definition) is 2. The molecule has 0 radical (unpaired) electrons. The molecule has 3 nitrogen and oxygen atoms in total. The second-order valence-electron chi connectivity index (χ2n) is 5.84. The third-order valence-electron chi connectivity index (χ3n) is 4.59. The second kappa shape index (κ2) is 5.54. The predicted molar refractivity (Wildman–Crippen MR) is 85.8 cm³/mol. The summed E-state index contributed by atoms with van der Waals surface area (Å²) in [6.07, 6.45) is 0.628. The minimum absolute atomic E-state index is 0.219. The zero-order chi connectivity index (χ0) is 16.8. The third-order valence-corrected chi connectivity index (χ3v) is 4.59. The van der Waals surface area contributed by atoms with Crippen molar-refractivity contribution in [2.45, 2.75) is 19.6 Å². The molecule has 0 unspecified atom stereocenters. The van der Waals surface area contributed by atoms with Crippen LogP contribution in [0.15, 0.2) is 42.5 Å². The molecule has 0 atom stereocenters. The smallest absolute Gasteiger partial charge is 0.159 e. The summed E-state index contributed by atoms with van der Waals surface area (Å²) < 4.78 is 29.0. The topological polar surface area (TPSA) is 45.4 Å². The first-order valence-corrected chi connectivity index (χ1v) is 7.66. The number of rotatable bonds is 3. The van der Waals surface area contributed by atoms with Crippen LogP contribution in [-0.2, 0) is 19.6 Å². The van der Waals surface area contributed by atoms with Crippen molar-refractivity contribution in [1.29, 1.82) is 0 Å². The first kappa shape index (κ1) is 15.1. The van der Waals surface area contributed by atoms with Crippen LogP contribution >= 0.6 is 0 Å². The van der Waals surface area contributed by atoms with Crippen LogP contribution in [-0.4, -0.2) is 14.8 Å². The van der Waals surface area contributed by atoms with Crippen LogP contribution in [0.2, 0.25) is 0 Å². The molecule has 2 aromatic carbocycles. The largest absolute Gasteiger partial charge is 0.392 e. The molecule has 0 bridgehead atoms. The number of fused-ring (bicyclic) bond motifs is 3. The number of halogens is 2. The molecule has 1 aliphatic rings. The normalized spacial score (nSPS) is 12.3. The SMILES string of the molecule is OCc1c(CO)c(-c2ccc(F)c(F)c2)n2c1Cc1ccccc1-2. The van der Waals surface area contributed by atoms with E-state index in [1.54, 1.807) is 0 Å². The summed E-state index contributed by atoms with van der Waals surface area (Å²) >= 11 is 0. The van der Waals surface area contributed by atoms with Crippen LogP contribution in [0, 0.1) is 11.6 Å². The van der Waals surface area contributed by atoms with Gasteiger partial charge in [0.2, 0.25) is 0 Å². The molecule has 0 fully saturated rings. The highest BCUT2D eigenvalue weighted by atomic mass is 19.2. The number of aliphatic hydroxyl groups is 2. The average Bonchev–Trinajstić information content (AvgIpc) is 3.10. The molecule has 2 N–H and O–H groups in total. The van der Waals surface area contributed by atoms with Gasteiger partial charge in [-0.3, -0.25) is 0 Å². The molecule has 0 saturated heterocycles. The summed E-state index contributed by atoms with van der Waals surface area (Å²) in [6, 6.07) is 11.5. The van der Waals surface area contributed by atoms with Crippen LogP contribution in [0.25, 0.3) is 16.9 Å². The number of aromatic nitrogens is 1. The highest BCUT2D eigenvalue weighted by Crippen LogP contribution is 2.41. The fourth-order valence-electron chi connectivity index (χ4n) is 3.54. The van der Waals surface area contributed by atoms with Crippen molar-refractivity contribution in [3.63, 3.8) is 0 Å². The highest BCUT2D eigenvalue weighted by Gasteiger charge is 2.29. The molecule has 122 valence electrons. The monoisotopic (exact) mass is 327 g/mol. The summed E-state index contributed by atoms with van der Waals surface area (Å²) in [6.45, 7) is -0.505. The maximum Gasteiger partial charge on any atom is 0.159 e. The summed E-state index contributed by atoms with van der Waals surface area (Å²) in [5.41, 5.74) is 5.16. The Kier molecular flexibility index (Phi) is 3.48. The van der Waals surface area contributed by atoms with E-state index in [9.17, 15) is 19.0 Å². The number of benzene rings is 2. The van der Waals surface area contributed by atoms with E-state index in [4.69, 9.17) is 0 Å². The van der Waals surface area contributed by atoms with Gasteiger partial charge in [-0.05, 0) is 29.8 Å². The van der Waals surface area contributed by atoms with Crippen LogP contribution in [0.3, 0.4) is 0 Å². The lowest BCUT2D eigenvalue weighted by Gasteiger charge is -2.11. The Labute approximate surface area is 137 Å². The van der Waals surface area contributed by atoms with E-state index in [2.05, 4.69) is 0 Å². The highest BCUT2D eigenvalue weighted by molar-refractivity contribution is 5.73. The number of hydrogen-bond donors (Lipinski definition) is 2. The molecule has 0 amide bonds. The van der Waals surface area contributed by atoms with Crippen LogP contribution < -0.4 is 0 Å². The van der Waals surface area contributed by atoms with Crippen molar-refractivity contribution in [2.24, 2.45) is 0 Å². The lowest BCUT2D eigenvalue weighted by molar-refractivity contribution is 0.260. The van der Waals surface area contributed by atoms with Gasteiger partial charge in [0.05, 0.1) is 18.9 Å². The molecule has 4 rings (SSSR count). The zero-order valence-electron chi connectivity index (χ0n) is 12.8. The molecule has 2 heterocycles. The van der Waals surface area contributed by atoms with Crippen LogP contribution in [0.4, 0.5) is 8.78 Å². The number of para-hydroxylation sites is 1. The van der Waals surface area contributed by atoms with Crippen molar-refractivity contribution in [3.05, 3.63) is 76.5 Å². The fourth-order valence-corrected chi connectivity index (χ4v) is 3.54. The molecule has 24 heavy (non-hydrogen) atoms. The molecule has 0 saturated carbocycles. The predicted octanol–water partition coefficient (Wildman–Crippen LogP) is 3.31. The van der Waals surface area contributed by atoms with E-state index < -0.39 is 11.6 Å². The summed E-state index contributed by atoms with van der Waals surface area (Å²) in [5, 5.41) is 19.6. The maximum absolute atomic E-state index is 13.7. The standard InChI is InChI=1S/C19H15F2NO2/c20-15-6-5-12(7-16(15)21)19-14(10-24)13(9-23)18-8-11-3-1-2-4-17(11)22(18)19/h1-7,23-24H,8-10H2. The first-order valence-electron chi connectivity index (χ1n) is 7.66. The Bertz CT molecular complexity index is 947. The van der Waals surface area contributed by atoms with E-state index >= 15 is 0 Å². The lowest BCUT2D eigenvalue weighted by Crippen LogP contribution is -1.98. The number of nitrogens with zero attached hydrogens (tertiary/aromatic N) is 1. The zero-order valence-corrected chi connectivity index (χ0v) is 12.8. The van der Waals surface area contributed by atoms with Crippen molar-refractivity contribution >= 4 is 0 Å². The molecule has 1 aromatic heterocycles. The first-order chi connectivity index (χ1) is 11.7. The molecular weight excluding hydrogens is 312 g/mol. The van der Waals surface area contributed by atoms with Crippen molar-refractivity contribution in [3.8, 4) is 16.9 Å². The van der Waals surface area contributed by atoms with Gasteiger partial charge in [-0.15, -0.1) is 0 Å². The molecular formula is C19H15F2NO2. The second-order valence-corrected chi connectivity index (χ2v) is 5.84. The van der Waals surface area contributed by atoms with Crippen molar-refractivity contribution < 1.29 is 19.0 Å². The summed E-state index contributed by atoms with van der Waals surface area (Å²) in [4.78, 5) is 0. The molecule has 5 heteroatoms. The van der Waals surface area contributed by atoms with Gasteiger partial charge in [0, 0.05) is 34.5 Å². The van der Waals surface area contributed by atoms with E-state index in [0.29, 0.717) is 28.8 Å². The van der Waals surface area contributed by atoms with Gasteiger partial charge < -0.3 is 14.8 Å². The van der Waals surface area contributed by atoms with Crippen LogP contribution in [0.1, 0.15) is 22.4 Å². The molecule has 3 aromatic rings. The average molecular weight is 327 g/mol. The summed E-state index contributed by atoms with van der Waals surface area (Å²) in [5.74, 6) is -1.86. The van der Waals surface area contributed by atoms with E-state index in [1.807, 2.05) is 28.8 Å². The van der Waals surface area contributed by atoms with Gasteiger partial charge in [0.1, 0.15) is 0 Å². The van der Waals surface area contributed by atoms with Gasteiger partial charge in [0.15, 0.2) is 11.6 Å². The van der Waals surface area contributed by atoms with Gasteiger partial charge in [0.25, 0.3) is 0 Å². The van der Waals surface area contributed by atoms with Gasteiger partial charge in [-0.25, -0.2) is 8.78 Å². The Morgan fingerprint density at radius 1 is 0.917 bits per heavy atom. The summed E-state index contributed by atoms with van der Waals surface area (Å²) in [7, 11) is 0. The quantitative estimate of drug-likeness (QED) is 0.606. The Hall–Kier alpha value is -2.50. The van der Waals surface area contributed by atoms with E-state index in [-0.39, 0.29) is 13.2 Å². The van der Waals surface area contributed by atoms with Gasteiger partial charge in [-0.1, -0.05) is 18.2 Å². The van der Waals surface area contributed by atoms with Crippen LogP contribution in [0.5, 0.6) is 0 Å². The van der Waals surface area contributed by atoms with Gasteiger partial charge >= 0.3 is 0 Å². The lowest BCUT2D eigenvalue weighted by atomic mass is 10.0. The minimum Gasteiger partial charge on any atom is -0.392 e. The Balaban J connectivity index is 2.06. The molecule has 0 spiro atoms. The molecule has 1 aliphatic heterocycles. The van der Waals surface area contributed by atoms with E-state index in [0.717, 1.165) is 29.1 Å². The third kappa shape index (κ3) is 2.02.